The number of alkyl carbamates (subject to hydrolysis) is 2. The molecule has 61 heavy (non-hydrogen) atoms. The summed E-state index contributed by atoms with van der Waals surface area (Å²) < 4.78 is 9.74. The fraction of sp³-hybridized carbons (Fsp3) is 0.478. The van der Waals surface area contributed by atoms with Gasteiger partial charge in [-0.2, -0.15) is 0 Å². The summed E-state index contributed by atoms with van der Waals surface area (Å²) in [6, 6.07) is 18.2. The van der Waals surface area contributed by atoms with Crippen molar-refractivity contribution >= 4 is 53.9 Å². The Morgan fingerprint density at radius 2 is 1.48 bits per heavy atom. The third-order valence-electron chi connectivity index (χ3n) is 13.0. The lowest BCUT2D eigenvalue weighted by Crippen LogP contribution is -2.53. The Balaban J connectivity index is 1.000. The van der Waals surface area contributed by atoms with Gasteiger partial charge < -0.3 is 39.9 Å². The van der Waals surface area contributed by atoms with Gasteiger partial charge >= 0.3 is 12.2 Å². The molecule has 0 bridgehead atoms. The minimum Gasteiger partial charge on any atom is -0.453 e. The summed E-state index contributed by atoms with van der Waals surface area (Å²) in [6.07, 6.45) is 8.06. The van der Waals surface area contributed by atoms with Crippen LogP contribution in [-0.2, 0) is 19.1 Å². The number of hydrogen-bond donors (Lipinski definition) is 4. The molecule has 3 aromatic carbocycles. The van der Waals surface area contributed by atoms with E-state index in [2.05, 4.69) is 88.3 Å². The van der Waals surface area contributed by atoms with Gasteiger partial charge in [-0.3, -0.25) is 9.59 Å². The first-order valence-corrected chi connectivity index (χ1v) is 25.1. The van der Waals surface area contributed by atoms with E-state index in [0.717, 1.165) is 107 Å². The number of aromatic amines is 2. The Morgan fingerprint density at radius 3 is 2.20 bits per heavy atom. The lowest BCUT2D eigenvalue weighted by atomic mass is 9.83. The molecule has 1 aliphatic carbocycles. The van der Waals surface area contributed by atoms with Gasteiger partial charge in [-0.05, 0) is 77.8 Å². The molecule has 4 N–H and O–H groups in total. The van der Waals surface area contributed by atoms with Crippen LogP contribution < -0.4 is 10.6 Å². The molecule has 8 rings (SSSR count). The maximum atomic E-state index is 14.4. The maximum Gasteiger partial charge on any atom is 0.407 e. The normalized spacial score (nSPS) is 20.2. The zero-order valence-corrected chi connectivity index (χ0v) is 37.0. The van der Waals surface area contributed by atoms with Crippen molar-refractivity contribution in [3.05, 3.63) is 72.4 Å². The average molecular weight is 847 g/mol. The second-order valence-corrected chi connectivity index (χ2v) is 23.2. The smallest absolute Gasteiger partial charge is 0.407 e. The number of nitrogens with zero attached hydrogens (tertiary/aromatic N) is 4. The van der Waals surface area contributed by atoms with Crippen molar-refractivity contribution in [3.8, 4) is 22.4 Å². The molecule has 4 atom stereocenters. The van der Waals surface area contributed by atoms with E-state index >= 15 is 0 Å². The van der Waals surface area contributed by atoms with Crippen LogP contribution in [0.25, 0.3) is 44.2 Å². The number of methoxy groups -OCH3 is 2. The van der Waals surface area contributed by atoms with Crippen molar-refractivity contribution in [2.45, 2.75) is 102 Å². The molecule has 15 heteroatoms. The number of benzene rings is 3. The molecule has 2 saturated heterocycles. The van der Waals surface area contributed by atoms with E-state index < -0.39 is 32.3 Å². The zero-order chi connectivity index (χ0) is 43.0. The topological polar surface area (TPSA) is 175 Å². The molecule has 0 unspecified atom stereocenters. The number of H-pyrrole nitrogens is 2. The molecule has 1 saturated carbocycles. The van der Waals surface area contributed by atoms with Gasteiger partial charge in [0.25, 0.3) is 0 Å². The number of rotatable bonds is 10. The minimum absolute atomic E-state index is 0.0344. The summed E-state index contributed by atoms with van der Waals surface area (Å²) >= 11 is 0. The van der Waals surface area contributed by atoms with Crippen LogP contribution in [0.3, 0.4) is 0 Å². The molecule has 2 aromatic heterocycles. The van der Waals surface area contributed by atoms with Gasteiger partial charge in [-0.1, -0.05) is 88.7 Å². The molecular weight excluding hydrogens is 789 g/mol. The first-order chi connectivity index (χ1) is 29.3. The summed E-state index contributed by atoms with van der Waals surface area (Å²) in [7, 11) is 0.852. The fourth-order valence-corrected chi connectivity index (χ4v) is 12.7. The number of fused-ring (bicyclic) bond motifs is 3. The van der Waals surface area contributed by atoms with Crippen molar-refractivity contribution in [3.63, 3.8) is 0 Å². The van der Waals surface area contributed by atoms with Crippen molar-refractivity contribution in [1.82, 2.24) is 40.4 Å². The number of imidazole rings is 2. The molecule has 3 fully saturated rings. The third kappa shape index (κ3) is 8.61. The minimum atomic E-state index is -1.79. The van der Waals surface area contributed by atoms with E-state index in [4.69, 9.17) is 19.4 Å². The quantitative estimate of drug-likeness (QED) is 0.102. The van der Waals surface area contributed by atoms with E-state index in [-0.39, 0.29) is 35.7 Å². The molecule has 14 nitrogen and oxygen atoms in total. The summed E-state index contributed by atoms with van der Waals surface area (Å²) in [5.41, 5.74) is 5.79. The van der Waals surface area contributed by atoms with E-state index in [1.165, 1.54) is 14.2 Å². The summed E-state index contributed by atoms with van der Waals surface area (Å²) in [4.78, 5) is 73.3. The van der Waals surface area contributed by atoms with Crippen LogP contribution >= 0.6 is 0 Å². The average Bonchev–Trinajstić information content (AvgIpc) is 4.10. The third-order valence-corrected chi connectivity index (χ3v) is 15.7. The van der Waals surface area contributed by atoms with Gasteiger partial charge in [-0.25, -0.2) is 19.6 Å². The predicted octanol–water partition coefficient (Wildman–Crippen LogP) is 8.25. The lowest BCUT2D eigenvalue weighted by Gasteiger charge is -2.34. The first-order valence-electron chi connectivity index (χ1n) is 21.7. The van der Waals surface area contributed by atoms with Crippen LogP contribution in [0.5, 0.6) is 0 Å². The monoisotopic (exact) mass is 846 g/mol. The van der Waals surface area contributed by atoms with Crippen LogP contribution in [0.2, 0.25) is 19.1 Å². The molecular formula is C46H58N8O6Si. The van der Waals surface area contributed by atoms with E-state index in [0.29, 0.717) is 12.7 Å². The SMILES string of the molecule is COC(=O)N[C@H](C(=O)N1CCC[C@H]1c1ncc(-c2ccc(-c3ccc4c(ccc5[nH]c([C@@H]6C[Si](C)(C)CN6C(=O)[C@H](NC(=O)OC)C6CCCCC6)nc54)c3)cc2)[nH]1)C(C)C. The molecule has 0 radical (unpaired) electrons. The summed E-state index contributed by atoms with van der Waals surface area (Å²) in [6.45, 7) is 9.05. The highest BCUT2D eigenvalue weighted by atomic mass is 28.3. The molecule has 5 aromatic rings. The van der Waals surface area contributed by atoms with E-state index in [9.17, 15) is 19.2 Å². The van der Waals surface area contributed by atoms with Gasteiger partial charge in [0.2, 0.25) is 11.8 Å². The number of nitrogens with one attached hydrogen (secondary N) is 4. The number of aromatic nitrogens is 4. The van der Waals surface area contributed by atoms with Gasteiger partial charge in [0, 0.05) is 18.1 Å². The number of carbonyl (C=O) groups is 4. The fourth-order valence-electron chi connectivity index (χ4n) is 9.80. The predicted molar refractivity (Wildman–Crippen MR) is 237 cm³/mol. The van der Waals surface area contributed by atoms with Gasteiger partial charge in [0.15, 0.2) is 0 Å². The van der Waals surface area contributed by atoms with Crippen molar-refractivity contribution in [1.29, 1.82) is 0 Å². The van der Waals surface area contributed by atoms with Crippen LogP contribution in [-0.4, -0.2) is 101 Å². The molecule has 322 valence electrons. The van der Waals surface area contributed by atoms with Crippen molar-refractivity contribution < 1.29 is 28.7 Å². The standard InChI is InChI=1S/C46H58N8O6Si/c1-27(2)38(51-45(57)59-3)43(55)53-22-10-13-36(53)41-47-24-35(49-41)29-16-14-28(15-17-29)31-18-20-33-32(23-31)19-21-34-40(33)50-42(48-34)37-25-61(5,6)26-54(37)44(56)39(52-46(58)60-4)30-11-8-7-9-12-30/h14-21,23-24,27,30,36-39H,7-13,22,25-26H2,1-6H3,(H,47,49)(H,48,50)(H,51,57)(H,52,58)/t36-,37-,38-,39+/m0/s1. The first kappa shape index (κ1) is 42.0. The Kier molecular flexibility index (Phi) is 11.9. The molecule has 2 aliphatic heterocycles. The van der Waals surface area contributed by atoms with Crippen LogP contribution in [0.1, 0.15) is 82.5 Å². The summed E-state index contributed by atoms with van der Waals surface area (Å²) in [5.74, 6) is 1.33. The number of likely N-dealkylation sites (tertiary alicyclic amines) is 1. The van der Waals surface area contributed by atoms with Crippen molar-refractivity contribution in [2.75, 3.05) is 26.9 Å². The Labute approximate surface area is 357 Å². The van der Waals surface area contributed by atoms with Crippen molar-refractivity contribution in [2.24, 2.45) is 11.8 Å². The van der Waals surface area contributed by atoms with E-state index in [1.54, 1.807) is 0 Å². The van der Waals surface area contributed by atoms with Gasteiger partial charge in [0.1, 0.15) is 23.7 Å². The zero-order valence-electron chi connectivity index (χ0n) is 36.0. The van der Waals surface area contributed by atoms with E-state index in [1.807, 2.05) is 29.8 Å². The largest absolute Gasteiger partial charge is 0.453 e. The Morgan fingerprint density at radius 1 is 0.770 bits per heavy atom. The highest BCUT2D eigenvalue weighted by Crippen LogP contribution is 2.40. The van der Waals surface area contributed by atoms with Gasteiger partial charge in [0.05, 0.1) is 57.3 Å². The number of carbonyl (C=O) groups excluding carboxylic acids is 4. The number of hydrogen-bond acceptors (Lipinski definition) is 8. The Bertz CT molecular complexity index is 2420. The van der Waals surface area contributed by atoms with Crippen LogP contribution in [0.15, 0.2) is 60.8 Å². The second-order valence-electron chi connectivity index (χ2n) is 18.2. The van der Waals surface area contributed by atoms with Crippen LogP contribution in [0, 0.1) is 11.8 Å². The molecule has 0 spiro atoms. The second kappa shape index (κ2) is 17.3. The Hall–Kier alpha value is -5.70. The maximum absolute atomic E-state index is 14.4. The number of amides is 4. The number of ether oxygens (including phenoxy) is 2. The lowest BCUT2D eigenvalue weighted by molar-refractivity contribution is -0.136. The summed E-state index contributed by atoms with van der Waals surface area (Å²) in [5, 5.41) is 7.73. The van der Waals surface area contributed by atoms with Crippen LogP contribution in [0.4, 0.5) is 9.59 Å². The molecule has 3 aliphatic rings. The highest BCUT2D eigenvalue weighted by Gasteiger charge is 2.47. The van der Waals surface area contributed by atoms with Gasteiger partial charge in [-0.15, -0.1) is 0 Å². The molecule has 4 heterocycles. The highest BCUT2D eigenvalue weighted by molar-refractivity contribution is 6.78. The molecule has 4 amide bonds.